The summed E-state index contributed by atoms with van der Waals surface area (Å²) in [5.74, 6) is -2.84. The fraction of sp³-hybridized carbons (Fsp3) is 0.167. The number of halogens is 2. The van der Waals surface area contributed by atoms with Crippen LogP contribution in [0.5, 0.6) is 0 Å². The molecule has 0 fully saturated rings. The zero-order valence-corrected chi connectivity index (χ0v) is 16.7. The number of carboxylic acids is 1. The van der Waals surface area contributed by atoms with Crippen LogP contribution in [0.25, 0.3) is 22.3 Å². The van der Waals surface area contributed by atoms with Crippen molar-refractivity contribution >= 4 is 11.9 Å². The molecule has 30 heavy (non-hydrogen) atoms. The third-order valence-electron chi connectivity index (χ3n) is 4.99. The molecule has 0 saturated carbocycles. The van der Waals surface area contributed by atoms with E-state index >= 15 is 0 Å². The molecule has 0 aromatic heterocycles. The molecule has 0 saturated heterocycles. The molecule has 0 aliphatic rings. The zero-order chi connectivity index (χ0) is 21.8. The van der Waals surface area contributed by atoms with Crippen molar-refractivity contribution < 1.29 is 23.5 Å². The van der Waals surface area contributed by atoms with Crippen molar-refractivity contribution in [3.8, 4) is 22.3 Å². The van der Waals surface area contributed by atoms with Gasteiger partial charge in [-0.25, -0.2) is 13.6 Å². The van der Waals surface area contributed by atoms with Gasteiger partial charge in [-0.15, -0.1) is 0 Å². The van der Waals surface area contributed by atoms with Crippen molar-refractivity contribution in [2.75, 3.05) is 13.1 Å². The Kier molecular flexibility index (Phi) is 6.26. The maximum absolute atomic E-state index is 14.3. The van der Waals surface area contributed by atoms with E-state index < -0.39 is 17.6 Å². The molecule has 6 heteroatoms. The topological polar surface area (TPSA) is 57.6 Å². The van der Waals surface area contributed by atoms with Crippen LogP contribution >= 0.6 is 0 Å². The van der Waals surface area contributed by atoms with Gasteiger partial charge in [0, 0.05) is 30.3 Å². The van der Waals surface area contributed by atoms with E-state index in [2.05, 4.69) is 0 Å². The first-order valence-electron chi connectivity index (χ1n) is 9.58. The lowest BCUT2D eigenvalue weighted by Gasteiger charge is -2.22. The van der Waals surface area contributed by atoms with Gasteiger partial charge in [0.25, 0.3) is 5.91 Å². The number of hydrogen-bond donors (Lipinski definition) is 1. The normalized spacial score (nSPS) is 10.7. The molecule has 1 amide bonds. The van der Waals surface area contributed by atoms with Gasteiger partial charge in [0.15, 0.2) is 0 Å². The highest BCUT2D eigenvalue weighted by atomic mass is 19.1. The van der Waals surface area contributed by atoms with Gasteiger partial charge in [0.05, 0.1) is 5.56 Å². The van der Waals surface area contributed by atoms with Gasteiger partial charge in [-0.2, -0.15) is 0 Å². The van der Waals surface area contributed by atoms with Crippen LogP contribution in [-0.4, -0.2) is 35.0 Å². The number of carbonyl (C=O) groups is 2. The lowest BCUT2D eigenvalue weighted by atomic mass is 9.91. The first kappa shape index (κ1) is 21.2. The molecular formula is C24H21F2NO3. The molecule has 154 valence electrons. The van der Waals surface area contributed by atoms with Crippen LogP contribution < -0.4 is 0 Å². The van der Waals surface area contributed by atoms with Gasteiger partial charge in [-0.3, -0.25) is 4.79 Å². The highest BCUT2D eigenvalue weighted by Gasteiger charge is 2.22. The van der Waals surface area contributed by atoms with Crippen LogP contribution in [0.2, 0.25) is 0 Å². The van der Waals surface area contributed by atoms with Gasteiger partial charge in [0.2, 0.25) is 0 Å². The average molecular weight is 409 g/mol. The van der Waals surface area contributed by atoms with Gasteiger partial charge < -0.3 is 10.0 Å². The maximum atomic E-state index is 14.3. The molecule has 0 spiro atoms. The van der Waals surface area contributed by atoms with E-state index in [-0.39, 0.29) is 22.6 Å². The van der Waals surface area contributed by atoms with Gasteiger partial charge in [-0.1, -0.05) is 30.3 Å². The van der Waals surface area contributed by atoms with Crippen molar-refractivity contribution in [3.63, 3.8) is 0 Å². The Morgan fingerprint density at radius 3 is 2.10 bits per heavy atom. The summed E-state index contributed by atoms with van der Waals surface area (Å²) in [4.78, 5) is 26.5. The first-order valence-corrected chi connectivity index (χ1v) is 9.58. The molecule has 0 radical (unpaired) electrons. The zero-order valence-electron chi connectivity index (χ0n) is 16.7. The Balaban J connectivity index is 2.25. The van der Waals surface area contributed by atoms with Crippen LogP contribution in [0.15, 0.2) is 60.7 Å². The van der Waals surface area contributed by atoms with Gasteiger partial charge in [-0.05, 0) is 54.8 Å². The average Bonchev–Trinajstić information content (AvgIpc) is 2.74. The van der Waals surface area contributed by atoms with Crippen molar-refractivity contribution in [2.24, 2.45) is 0 Å². The summed E-state index contributed by atoms with van der Waals surface area (Å²) in [5.41, 5.74) is 1.71. The number of aromatic carboxylic acids is 1. The van der Waals surface area contributed by atoms with Crippen LogP contribution in [0.3, 0.4) is 0 Å². The summed E-state index contributed by atoms with van der Waals surface area (Å²) in [6.45, 7) is 4.61. The summed E-state index contributed by atoms with van der Waals surface area (Å²) in [6.07, 6.45) is 0. The van der Waals surface area contributed by atoms with E-state index in [0.717, 1.165) is 12.1 Å². The Hall–Kier alpha value is -3.54. The minimum Gasteiger partial charge on any atom is -0.478 e. The second-order valence-corrected chi connectivity index (χ2v) is 6.71. The molecule has 0 atom stereocenters. The van der Waals surface area contributed by atoms with E-state index in [0.29, 0.717) is 29.8 Å². The second-order valence-electron chi connectivity index (χ2n) is 6.71. The SMILES string of the molecule is CCN(CC)C(=O)c1cc(-c2ccc(F)cc2F)ccc1-c1ccccc1C(=O)O. The Morgan fingerprint density at radius 2 is 1.47 bits per heavy atom. The quantitative estimate of drug-likeness (QED) is 0.587. The van der Waals surface area contributed by atoms with E-state index in [4.69, 9.17) is 0 Å². The van der Waals surface area contributed by atoms with Crippen LogP contribution in [0.1, 0.15) is 34.6 Å². The fourth-order valence-corrected chi connectivity index (χ4v) is 3.43. The largest absolute Gasteiger partial charge is 0.478 e. The molecule has 0 heterocycles. The summed E-state index contributed by atoms with van der Waals surface area (Å²) in [7, 11) is 0. The molecule has 3 aromatic rings. The summed E-state index contributed by atoms with van der Waals surface area (Å²) in [6, 6.07) is 14.4. The van der Waals surface area contributed by atoms with E-state index in [9.17, 15) is 23.5 Å². The van der Waals surface area contributed by atoms with Crippen LogP contribution in [0.4, 0.5) is 8.78 Å². The second kappa shape index (κ2) is 8.86. The molecule has 3 rings (SSSR count). The van der Waals surface area contributed by atoms with Gasteiger partial charge >= 0.3 is 5.97 Å². The first-order chi connectivity index (χ1) is 14.4. The summed E-state index contributed by atoms with van der Waals surface area (Å²) < 4.78 is 27.7. The van der Waals surface area contributed by atoms with E-state index in [1.807, 2.05) is 13.8 Å². The minimum atomic E-state index is -1.11. The monoisotopic (exact) mass is 409 g/mol. The molecule has 0 bridgehead atoms. The van der Waals surface area contributed by atoms with Gasteiger partial charge in [0.1, 0.15) is 11.6 Å². The van der Waals surface area contributed by atoms with Crippen molar-refractivity contribution in [1.82, 2.24) is 4.90 Å². The fourth-order valence-electron chi connectivity index (χ4n) is 3.43. The number of carboxylic acid groups (broad SMARTS) is 1. The highest BCUT2D eigenvalue weighted by Crippen LogP contribution is 2.33. The molecule has 0 unspecified atom stereocenters. The molecular weight excluding hydrogens is 388 g/mol. The van der Waals surface area contributed by atoms with E-state index in [1.165, 1.54) is 18.2 Å². The Labute approximate surface area is 173 Å². The lowest BCUT2D eigenvalue weighted by molar-refractivity contribution is 0.0696. The molecule has 3 aromatic carbocycles. The lowest BCUT2D eigenvalue weighted by Crippen LogP contribution is -2.31. The Morgan fingerprint density at radius 1 is 0.833 bits per heavy atom. The number of carbonyl (C=O) groups excluding carboxylic acids is 1. The third-order valence-corrected chi connectivity index (χ3v) is 4.99. The van der Waals surface area contributed by atoms with Crippen LogP contribution in [0, 0.1) is 11.6 Å². The standard InChI is InChI=1S/C24H21F2NO3/c1-3-27(4-2)23(28)21-13-15(17-12-10-16(25)14-22(17)26)9-11-19(21)18-7-5-6-8-20(18)24(29)30/h5-14H,3-4H2,1-2H3,(H,29,30). The highest BCUT2D eigenvalue weighted by molar-refractivity contribution is 6.05. The van der Waals surface area contributed by atoms with Crippen molar-refractivity contribution in [1.29, 1.82) is 0 Å². The number of rotatable bonds is 6. The predicted octanol–water partition coefficient (Wildman–Crippen LogP) is 5.48. The third kappa shape index (κ3) is 4.08. The summed E-state index contributed by atoms with van der Waals surface area (Å²) >= 11 is 0. The molecule has 0 aliphatic heterocycles. The van der Waals surface area contributed by atoms with E-state index in [1.54, 1.807) is 35.2 Å². The predicted molar refractivity (Wildman–Crippen MR) is 111 cm³/mol. The number of amides is 1. The summed E-state index contributed by atoms with van der Waals surface area (Å²) in [5, 5.41) is 9.57. The molecule has 1 N–H and O–H groups in total. The van der Waals surface area contributed by atoms with Crippen LogP contribution in [-0.2, 0) is 0 Å². The smallest absolute Gasteiger partial charge is 0.336 e. The number of nitrogens with zero attached hydrogens (tertiary/aromatic N) is 1. The minimum absolute atomic E-state index is 0.0619. The van der Waals surface area contributed by atoms with Crippen molar-refractivity contribution in [3.05, 3.63) is 83.4 Å². The molecule has 4 nitrogen and oxygen atoms in total. The number of hydrogen-bond acceptors (Lipinski definition) is 2. The Bertz CT molecular complexity index is 1110. The maximum Gasteiger partial charge on any atom is 0.336 e. The number of benzene rings is 3. The molecule has 0 aliphatic carbocycles. The van der Waals surface area contributed by atoms with Crippen molar-refractivity contribution in [2.45, 2.75) is 13.8 Å².